The van der Waals surface area contributed by atoms with E-state index < -0.39 is 0 Å². The van der Waals surface area contributed by atoms with Crippen molar-refractivity contribution in [1.29, 1.82) is 0 Å². The lowest BCUT2D eigenvalue weighted by atomic mass is 9.99. The number of carbonyl (C=O) groups excluding carboxylic acids is 1. The SMILES string of the molecule is O=C(CC1CNC1)NCCCCCO. The van der Waals surface area contributed by atoms with Crippen molar-refractivity contribution in [3.8, 4) is 0 Å². The van der Waals surface area contributed by atoms with Crippen molar-refractivity contribution in [2.75, 3.05) is 26.2 Å². The monoisotopic (exact) mass is 200 g/mol. The van der Waals surface area contributed by atoms with Gasteiger partial charge in [-0.25, -0.2) is 0 Å². The average molecular weight is 200 g/mol. The molecule has 4 nitrogen and oxygen atoms in total. The first kappa shape index (κ1) is 11.5. The average Bonchev–Trinajstić information content (AvgIpc) is 2.11. The number of aliphatic hydroxyl groups excluding tert-OH is 1. The number of nitrogens with one attached hydrogen (secondary N) is 2. The summed E-state index contributed by atoms with van der Waals surface area (Å²) in [5.41, 5.74) is 0. The zero-order chi connectivity index (χ0) is 10.2. The minimum Gasteiger partial charge on any atom is -0.396 e. The van der Waals surface area contributed by atoms with Crippen LogP contribution in [-0.4, -0.2) is 37.3 Å². The van der Waals surface area contributed by atoms with E-state index in [0.717, 1.165) is 38.9 Å². The summed E-state index contributed by atoms with van der Waals surface area (Å²) in [7, 11) is 0. The number of unbranched alkanes of at least 4 members (excludes halogenated alkanes) is 2. The predicted molar refractivity (Wildman–Crippen MR) is 54.9 cm³/mol. The molecule has 0 bridgehead atoms. The summed E-state index contributed by atoms with van der Waals surface area (Å²) in [4.78, 5) is 11.3. The van der Waals surface area contributed by atoms with Gasteiger partial charge in [-0.2, -0.15) is 0 Å². The van der Waals surface area contributed by atoms with Crippen LogP contribution in [0.25, 0.3) is 0 Å². The Morgan fingerprint density at radius 2 is 2.14 bits per heavy atom. The molecule has 0 aliphatic carbocycles. The molecule has 0 spiro atoms. The molecule has 0 unspecified atom stereocenters. The maximum absolute atomic E-state index is 11.3. The van der Waals surface area contributed by atoms with Crippen molar-refractivity contribution < 1.29 is 9.90 Å². The van der Waals surface area contributed by atoms with Gasteiger partial charge in [0.2, 0.25) is 5.91 Å². The Hall–Kier alpha value is -0.610. The fourth-order valence-electron chi connectivity index (χ4n) is 1.47. The van der Waals surface area contributed by atoms with Crippen LogP contribution in [0.3, 0.4) is 0 Å². The van der Waals surface area contributed by atoms with E-state index in [1.807, 2.05) is 0 Å². The Morgan fingerprint density at radius 3 is 2.71 bits per heavy atom. The van der Waals surface area contributed by atoms with Crippen LogP contribution in [0, 0.1) is 5.92 Å². The smallest absolute Gasteiger partial charge is 0.220 e. The van der Waals surface area contributed by atoms with E-state index in [1.165, 1.54) is 0 Å². The number of carbonyl (C=O) groups is 1. The summed E-state index contributed by atoms with van der Waals surface area (Å²) >= 11 is 0. The number of hydrogen-bond donors (Lipinski definition) is 3. The largest absolute Gasteiger partial charge is 0.396 e. The van der Waals surface area contributed by atoms with E-state index in [4.69, 9.17) is 5.11 Å². The van der Waals surface area contributed by atoms with Crippen LogP contribution in [-0.2, 0) is 4.79 Å². The molecule has 1 aliphatic heterocycles. The summed E-state index contributed by atoms with van der Waals surface area (Å²) < 4.78 is 0. The molecular formula is C10H20N2O2. The van der Waals surface area contributed by atoms with Gasteiger partial charge in [0.25, 0.3) is 0 Å². The number of hydrogen-bond acceptors (Lipinski definition) is 3. The Labute approximate surface area is 85.1 Å². The van der Waals surface area contributed by atoms with Crippen LogP contribution >= 0.6 is 0 Å². The van der Waals surface area contributed by atoms with Crippen LogP contribution in [0.5, 0.6) is 0 Å². The maximum Gasteiger partial charge on any atom is 0.220 e. The van der Waals surface area contributed by atoms with Crippen LogP contribution in [0.4, 0.5) is 0 Å². The Balaban J connectivity index is 1.87. The highest BCUT2D eigenvalue weighted by Gasteiger charge is 2.19. The third-order valence-electron chi connectivity index (χ3n) is 2.50. The molecule has 1 aliphatic rings. The summed E-state index contributed by atoms with van der Waals surface area (Å²) in [5, 5.41) is 14.6. The van der Waals surface area contributed by atoms with Gasteiger partial charge in [-0.15, -0.1) is 0 Å². The van der Waals surface area contributed by atoms with Gasteiger partial charge in [0, 0.05) is 19.6 Å². The molecule has 0 radical (unpaired) electrons. The van der Waals surface area contributed by atoms with Crippen molar-refractivity contribution in [1.82, 2.24) is 10.6 Å². The molecule has 1 rings (SSSR count). The normalized spacial score (nSPS) is 16.4. The minimum absolute atomic E-state index is 0.167. The van der Waals surface area contributed by atoms with Crippen molar-refractivity contribution in [2.45, 2.75) is 25.7 Å². The molecule has 0 aromatic rings. The summed E-state index contributed by atoms with van der Waals surface area (Å²) in [6.45, 7) is 2.97. The van der Waals surface area contributed by atoms with E-state index in [-0.39, 0.29) is 12.5 Å². The molecule has 1 fully saturated rings. The zero-order valence-corrected chi connectivity index (χ0v) is 8.59. The van der Waals surface area contributed by atoms with Gasteiger partial charge in [0.15, 0.2) is 0 Å². The highest BCUT2D eigenvalue weighted by molar-refractivity contribution is 5.76. The quantitative estimate of drug-likeness (QED) is 0.502. The van der Waals surface area contributed by atoms with E-state index >= 15 is 0 Å². The van der Waals surface area contributed by atoms with Crippen LogP contribution in [0.1, 0.15) is 25.7 Å². The molecule has 3 N–H and O–H groups in total. The predicted octanol–water partition coefficient (Wildman–Crippen LogP) is -0.125. The standard InChI is InChI=1S/C10H20N2O2/c13-5-3-1-2-4-12-10(14)6-9-7-11-8-9/h9,11,13H,1-8H2,(H,12,14). The lowest BCUT2D eigenvalue weighted by molar-refractivity contribution is -0.122. The molecule has 1 saturated heterocycles. The van der Waals surface area contributed by atoms with Crippen LogP contribution in [0.2, 0.25) is 0 Å². The van der Waals surface area contributed by atoms with E-state index in [0.29, 0.717) is 12.3 Å². The van der Waals surface area contributed by atoms with Gasteiger partial charge < -0.3 is 15.7 Å². The lowest BCUT2D eigenvalue weighted by Crippen LogP contribution is -2.44. The minimum atomic E-state index is 0.167. The maximum atomic E-state index is 11.3. The third kappa shape index (κ3) is 4.58. The fourth-order valence-corrected chi connectivity index (χ4v) is 1.47. The van der Waals surface area contributed by atoms with Crippen LogP contribution in [0.15, 0.2) is 0 Å². The fraction of sp³-hybridized carbons (Fsp3) is 0.900. The van der Waals surface area contributed by atoms with E-state index in [9.17, 15) is 4.79 Å². The first-order valence-corrected chi connectivity index (χ1v) is 5.41. The second kappa shape index (κ2) is 6.79. The van der Waals surface area contributed by atoms with Crippen molar-refractivity contribution >= 4 is 5.91 Å². The van der Waals surface area contributed by atoms with Gasteiger partial charge in [0.05, 0.1) is 0 Å². The third-order valence-corrected chi connectivity index (χ3v) is 2.50. The lowest BCUT2D eigenvalue weighted by Gasteiger charge is -2.26. The molecule has 0 saturated carbocycles. The molecule has 82 valence electrons. The molecule has 1 amide bonds. The number of amides is 1. The van der Waals surface area contributed by atoms with Crippen molar-refractivity contribution in [2.24, 2.45) is 5.92 Å². The number of aliphatic hydroxyl groups is 1. The van der Waals surface area contributed by atoms with Crippen LogP contribution < -0.4 is 10.6 Å². The molecule has 0 aromatic carbocycles. The highest BCUT2D eigenvalue weighted by Crippen LogP contribution is 2.07. The van der Waals surface area contributed by atoms with Crippen molar-refractivity contribution in [3.63, 3.8) is 0 Å². The van der Waals surface area contributed by atoms with Gasteiger partial charge in [-0.1, -0.05) is 0 Å². The zero-order valence-electron chi connectivity index (χ0n) is 8.59. The van der Waals surface area contributed by atoms with Gasteiger partial charge in [0.1, 0.15) is 0 Å². The Morgan fingerprint density at radius 1 is 1.36 bits per heavy atom. The molecule has 1 heterocycles. The highest BCUT2D eigenvalue weighted by atomic mass is 16.2. The number of rotatable bonds is 7. The van der Waals surface area contributed by atoms with Crippen molar-refractivity contribution in [3.05, 3.63) is 0 Å². The molecule has 0 atom stereocenters. The topological polar surface area (TPSA) is 61.4 Å². The van der Waals surface area contributed by atoms with E-state index in [1.54, 1.807) is 0 Å². The summed E-state index contributed by atoms with van der Waals surface area (Å²) in [6, 6.07) is 0. The Bertz CT molecular complexity index is 170. The second-order valence-corrected chi connectivity index (χ2v) is 3.86. The summed E-state index contributed by atoms with van der Waals surface area (Å²) in [5.74, 6) is 0.716. The first-order valence-electron chi connectivity index (χ1n) is 5.41. The Kier molecular flexibility index (Phi) is 5.56. The molecule has 4 heteroatoms. The van der Waals surface area contributed by atoms with E-state index in [2.05, 4.69) is 10.6 Å². The van der Waals surface area contributed by atoms with Gasteiger partial charge in [-0.3, -0.25) is 4.79 Å². The summed E-state index contributed by atoms with van der Waals surface area (Å²) in [6.07, 6.45) is 3.45. The molecule has 14 heavy (non-hydrogen) atoms. The van der Waals surface area contributed by atoms with Gasteiger partial charge in [-0.05, 0) is 38.3 Å². The second-order valence-electron chi connectivity index (χ2n) is 3.86. The molecular weight excluding hydrogens is 180 g/mol. The van der Waals surface area contributed by atoms with Gasteiger partial charge >= 0.3 is 0 Å². The molecule has 0 aromatic heterocycles. The first-order chi connectivity index (χ1) is 6.83.